The summed E-state index contributed by atoms with van der Waals surface area (Å²) in [5, 5.41) is 7.91. The van der Waals surface area contributed by atoms with Crippen LogP contribution >= 0.6 is 0 Å². The van der Waals surface area contributed by atoms with E-state index in [0.29, 0.717) is 31.4 Å². The molecule has 0 aliphatic heterocycles. The molecule has 2 rings (SSSR count). The molecule has 2 aromatic rings. The molecule has 0 saturated heterocycles. The standard InChI is InChI=1S/C14H19N3O2/c1-10-5-3-6-12(11(10)2)18-9-14-17-16-13(19-14)7-4-8-15/h3,5-6H,4,7-9,15H2,1-2H3. The van der Waals surface area contributed by atoms with E-state index in [9.17, 15) is 0 Å². The number of hydrogen-bond donors (Lipinski definition) is 1. The van der Waals surface area contributed by atoms with Gasteiger partial charge in [-0.05, 0) is 44.0 Å². The molecule has 0 bridgehead atoms. The van der Waals surface area contributed by atoms with E-state index in [0.717, 1.165) is 17.7 Å². The Morgan fingerprint density at radius 2 is 2.00 bits per heavy atom. The summed E-state index contributed by atoms with van der Waals surface area (Å²) in [6.45, 7) is 5.00. The van der Waals surface area contributed by atoms with Gasteiger partial charge in [0.1, 0.15) is 5.75 Å². The second kappa shape index (κ2) is 6.33. The van der Waals surface area contributed by atoms with Crippen molar-refractivity contribution in [1.29, 1.82) is 0 Å². The zero-order valence-electron chi connectivity index (χ0n) is 11.3. The summed E-state index contributed by atoms with van der Waals surface area (Å²) in [4.78, 5) is 0. The zero-order valence-corrected chi connectivity index (χ0v) is 11.3. The summed E-state index contributed by atoms with van der Waals surface area (Å²) in [6, 6.07) is 5.96. The van der Waals surface area contributed by atoms with Gasteiger partial charge in [0.05, 0.1) is 0 Å². The molecule has 0 fully saturated rings. The van der Waals surface area contributed by atoms with Gasteiger partial charge in [0.15, 0.2) is 6.61 Å². The van der Waals surface area contributed by atoms with Crippen molar-refractivity contribution in [2.75, 3.05) is 6.54 Å². The number of rotatable bonds is 6. The lowest BCUT2D eigenvalue weighted by atomic mass is 10.1. The second-order valence-electron chi connectivity index (χ2n) is 4.47. The third-order valence-electron chi connectivity index (χ3n) is 3.01. The van der Waals surface area contributed by atoms with Crippen molar-refractivity contribution in [1.82, 2.24) is 10.2 Å². The normalized spacial score (nSPS) is 10.7. The number of ether oxygens (including phenoxy) is 1. The van der Waals surface area contributed by atoms with Gasteiger partial charge in [0.2, 0.25) is 5.89 Å². The van der Waals surface area contributed by atoms with Gasteiger partial charge in [-0.1, -0.05) is 12.1 Å². The molecule has 0 unspecified atom stereocenters. The largest absolute Gasteiger partial charge is 0.484 e. The van der Waals surface area contributed by atoms with Crippen LogP contribution in [-0.4, -0.2) is 16.7 Å². The molecule has 1 aromatic carbocycles. The number of aryl methyl sites for hydroxylation is 2. The van der Waals surface area contributed by atoms with Crippen molar-refractivity contribution < 1.29 is 9.15 Å². The Morgan fingerprint density at radius 3 is 2.79 bits per heavy atom. The van der Waals surface area contributed by atoms with Crippen LogP contribution in [0.3, 0.4) is 0 Å². The Hall–Kier alpha value is -1.88. The summed E-state index contributed by atoms with van der Waals surface area (Å²) in [5.41, 5.74) is 7.76. The highest BCUT2D eigenvalue weighted by Crippen LogP contribution is 2.21. The van der Waals surface area contributed by atoms with E-state index < -0.39 is 0 Å². The van der Waals surface area contributed by atoms with Crippen LogP contribution in [0, 0.1) is 13.8 Å². The number of benzene rings is 1. The first-order chi connectivity index (χ1) is 9.20. The van der Waals surface area contributed by atoms with E-state index >= 15 is 0 Å². The Labute approximate surface area is 112 Å². The Balaban J connectivity index is 1.95. The average molecular weight is 261 g/mol. The number of aromatic nitrogens is 2. The predicted octanol–water partition coefficient (Wildman–Crippen LogP) is 2.16. The van der Waals surface area contributed by atoms with Gasteiger partial charge in [-0.3, -0.25) is 0 Å². The molecule has 0 spiro atoms. The number of nitrogens with zero attached hydrogens (tertiary/aromatic N) is 2. The summed E-state index contributed by atoms with van der Waals surface area (Å²) < 4.78 is 11.2. The monoisotopic (exact) mass is 261 g/mol. The molecule has 102 valence electrons. The van der Waals surface area contributed by atoms with Crippen molar-refractivity contribution in [2.24, 2.45) is 5.73 Å². The first kappa shape index (κ1) is 13.5. The average Bonchev–Trinajstić information content (AvgIpc) is 2.86. The quantitative estimate of drug-likeness (QED) is 0.862. The molecular formula is C14H19N3O2. The van der Waals surface area contributed by atoms with Crippen molar-refractivity contribution in [3.63, 3.8) is 0 Å². The predicted molar refractivity (Wildman–Crippen MR) is 71.9 cm³/mol. The van der Waals surface area contributed by atoms with Crippen LogP contribution in [0.1, 0.15) is 29.3 Å². The van der Waals surface area contributed by atoms with E-state index in [1.54, 1.807) is 0 Å². The maximum Gasteiger partial charge on any atom is 0.253 e. The molecule has 0 aliphatic rings. The van der Waals surface area contributed by atoms with E-state index in [-0.39, 0.29) is 0 Å². The Bertz CT molecular complexity index is 537. The Kier molecular flexibility index (Phi) is 4.52. The van der Waals surface area contributed by atoms with Gasteiger partial charge >= 0.3 is 0 Å². The van der Waals surface area contributed by atoms with Crippen LogP contribution in [0.25, 0.3) is 0 Å². The number of hydrogen-bond acceptors (Lipinski definition) is 5. The van der Waals surface area contributed by atoms with E-state index in [1.165, 1.54) is 5.56 Å². The van der Waals surface area contributed by atoms with Crippen molar-refractivity contribution >= 4 is 0 Å². The SMILES string of the molecule is Cc1cccc(OCc2nnc(CCCN)o2)c1C. The minimum atomic E-state index is 0.292. The Morgan fingerprint density at radius 1 is 1.21 bits per heavy atom. The van der Waals surface area contributed by atoms with E-state index in [1.807, 2.05) is 19.1 Å². The maximum atomic E-state index is 5.70. The molecule has 5 nitrogen and oxygen atoms in total. The topological polar surface area (TPSA) is 74.2 Å². The first-order valence-electron chi connectivity index (χ1n) is 6.41. The molecule has 0 atom stereocenters. The summed E-state index contributed by atoms with van der Waals surface area (Å²) >= 11 is 0. The highest BCUT2D eigenvalue weighted by molar-refractivity contribution is 5.38. The third-order valence-corrected chi connectivity index (χ3v) is 3.01. The van der Waals surface area contributed by atoms with Gasteiger partial charge in [-0.15, -0.1) is 10.2 Å². The molecule has 2 N–H and O–H groups in total. The van der Waals surface area contributed by atoms with Crippen LogP contribution in [0.4, 0.5) is 0 Å². The van der Waals surface area contributed by atoms with Gasteiger partial charge in [-0.25, -0.2) is 0 Å². The fraction of sp³-hybridized carbons (Fsp3) is 0.429. The van der Waals surface area contributed by atoms with E-state index in [2.05, 4.69) is 23.2 Å². The zero-order chi connectivity index (χ0) is 13.7. The lowest BCUT2D eigenvalue weighted by Gasteiger charge is -2.08. The lowest BCUT2D eigenvalue weighted by Crippen LogP contribution is -2.00. The van der Waals surface area contributed by atoms with Crippen molar-refractivity contribution in [2.45, 2.75) is 33.3 Å². The van der Waals surface area contributed by atoms with Crippen molar-refractivity contribution in [3.05, 3.63) is 41.1 Å². The molecule has 19 heavy (non-hydrogen) atoms. The lowest BCUT2D eigenvalue weighted by molar-refractivity contribution is 0.257. The highest BCUT2D eigenvalue weighted by Gasteiger charge is 2.08. The van der Waals surface area contributed by atoms with Crippen LogP contribution < -0.4 is 10.5 Å². The van der Waals surface area contributed by atoms with Gasteiger partial charge < -0.3 is 14.9 Å². The number of nitrogens with two attached hydrogens (primary N) is 1. The second-order valence-corrected chi connectivity index (χ2v) is 4.47. The van der Waals surface area contributed by atoms with Crippen LogP contribution in [0.2, 0.25) is 0 Å². The fourth-order valence-corrected chi connectivity index (χ4v) is 1.72. The minimum Gasteiger partial charge on any atom is -0.484 e. The fourth-order valence-electron chi connectivity index (χ4n) is 1.72. The molecule has 0 amide bonds. The minimum absolute atomic E-state index is 0.292. The van der Waals surface area contributed by atoms with Crippen LogP contribution in [0.5, 0.6) is 5.75 Å². The summed E-state index contributed by atoms with van der Waals surface area (Å²) in [5.74, 6) is 1.96. The molecule has 0 radical (unpaired) electrons. The summed E-state index contributed by atoms with van der Waals surface area (Å²) in [6.07, 6.45) is 1.56. The maximum absolute atomic E-state index is 5.70. The molecule has 5 heteroatoms. The molecule has 1 aromatic heterocycles. The van der Waals surface area contributed by atoms with Gasteiger partial charge in [-0.2, -0.15) is 0 Å². The van der Waals surface area contributed by atoms with Crippen LogP contribution in [0.15, 0.2) is 22.6 Å². The smallest absolute Gasteiger partial charge is 0.253 e. The first-order valence-corrected chi connectivity index (χ1v) is 6.41. The molecular weight excluding hydrogens is 242 g/mol. The summed E-state index contributed by atoms with van der Waals surface area (Å²) in [7, 11) is 0. The molecule has 0 saturated carbocycles. The third kappa shape index (κ3) is 3.54. The van der Waals surface area contributed by atoms with Gasteiger partial charge in [0.25, 0.3) is 5.89 Å². The molecule has 1 heterocycles. The van der Waals surface area contributed by atoms with Crippen LogP contribution in [-0.2, 0) is 13.0 Å². The van der Waals surface area contributed by atoms with Gasteiger partial charge in [0, 0.05) is 6.42 Å². The molecule has 0 aliphatic carbocycles. The highest BCUT2D eigenvalue weighted by atomic mass is 16.5. The van der Waals surface area contributed by atoms with Crippen molar-refractivity contribution in [3.8, 4) is 5.75 Å². The van der Waals surface area contributed by atoms with E-state index in [4.69, 9.17) is 14.9 Å².